The third-order valence-corrected chi connectivity index (χ3v) is 10.3. The molecular weight excluding hydrogens is 498 g/mol. The topological polar surface area (TPSA) is 112 Å². The van der Waals surface area contributed by atoms with Gasteiger partial charge in [0.05, 0.1) is 29.0 Å². The number of fused-ring (bicyclic) bond motifs is 8. The molecule has 4 atom stereocenters. The first-order valence-electron chi connectivity index (χ1n) is 13.9. The number of nitrogens with one attached hydrogen (secondary N) is 1. The molecule has 0 saturated heterocycles. The molecule has 0 radical (unpaired) electrons. The Bertz CT molecular complexity index is 1640. The van der Waals surface area contributed by atoms with Crippen molar-refractivity contribution >= 4 is 16.9 Å². The molecule has 5 heterocycles. The van der Waals surface area contributed by atoms with Crippen LogP contribution in [-0.2, 0) is 29.2 Å². The molecule has 3 aromatic rings. The van der Waals surface area contributed by atoms with Gasteiger partial charge in [-0.3, -0.25) is 4.79 Å². The molecule has 39 heavy (non-hydrogen) atoms. The van der Waals surface area contributed by atoms with Gasteiger partial charge in [-0.2, -0.15) is 0 Å². The van der Waals surface area contributed by atoms with Gasteiger partial charge in [0.25, 0.3) is 5.56 Å². The van der Waals surface area contributed by atoms with Gasteiger partial charge in [-0.1, -0.05) is 13.8 Å². The zero-order valence-corrected chi connectivity index (χ0v) is 22.1. The fourth-order valence-electron chi connectivity index (χ4n) is 7.89. The lowest BCUT2D eigenvalue weighted by atomic mass is 9.45. The van der Waals surface area contributed by atoms with Crippen LogP contribution < -0.4 is 20.3 Å². The number of hydrogen-bond donors (Lipinski definition) is 2. The van der Waals surface area contributed by atoms with Crippen LogP contribution in [0.3, 0.4) is 0 Å². The van der Waals surface area contributed by atoms with Crippen molar-refractivity contribution in [1.29, 1.82) is 0 Å². The Morgan fingerprint density at radius 1 is 1.10 bits per heavy atom. The number of ether oxygens (including phenoxy) is 3. The fraction of sp³-hybridized carbons (Fsp3) is 0.500. The highest BCUT2D eigenvalue weighted by atomic mass is 16.7. The Morgan fingerprint density at radius 3 is 2.72 bits per heavy atom. The van der Waals surface area contributed by atoms with E-state index in [1.165, 1.54) is 19.3 Å². The summed E-state index contributed by atoms with van der Waals surface area (Å²) in [6, 6.07) is 5.62. The molecule has 6 aliphatic rings. The summed E-state index contributed by atoms with van der Waals surface area (Å²) in [7, 11) is 0. The highest BCUT2D eigenvalue weighted by Gasteiger charge is 2.53. The fourth-order valence-corrected chi connectivity index (χ4v) is 7.89. The summed E-state index contributed by atoms with van der Waals surface area (Å²) < 4.78 is 18.1. The minimum absolute atomic E-state index is 0.133. The SMILES string of the molecule is CC1(C)C2CCC(CNCc3c4c(nc5cc6c(cc35)OCO6)-c3cc5c(c(=O)n3C4)COC(=O)[C@H]5O)C1C2. The molecule has 9 nitrogen and oxygen atoms in total. The molecule has 3 saturated carbocycles. The lowest BCUT2D eigenvalue weighted by Crippen LogP contribution is -2.54. The van der Waals surface area contributed by atoms with Gasteiger partial charge in [0.15, 0.2) is 17.6 Å². The maximum Gasteiger partial charge on any atom is 0.340 e. The summed E-state index contributed by atoms with van der Waals surface area (Å²) in [6.07, 6.45) is 2.46. The van der Waals surface area contributed by atoms with E-state index in [2.05, 4.69) is 19.2 Å². The number of aromatic nitrogens is 2. The van der Waals surface area contributed by atoms with Crippen LogP contribution in [0.15, 0.2) is 23.0 Å². The third kappa shape index (κ3) is 3.23. The second-order valence-electron chi connectivity index (χ2n) is 12.3. The number of hydrogen-bond acceptors (Lipinski definition) is 8. The number of rotatable bonds is 4. The van der Waals surface area contributed by atoms with Crippen molar-refractivity contribution in [2.24, 2.45) is 23.2 Å². The van der Waals surface area contributed by atoms with Crippen molar-refractivity contribution in [2.75, 3.05) is 13.3 Å². The summed E-state index contributed by atoms with van der Waals surface area (Å²) in [5.41, 5.74) is 4.94. The van der Waals surface area contributed by atoms with Crippen LogP contribution in [0.25, 0.3) is 22.3 Å². The Balaban J connectivity index is 1.21. The number of benzene rings is 1. The van der Waals surface area contributed by atoms with E-state index in [0.29, 0.717) is 58.4 Å². The number of aliphatic hydroxyl groups is 1. The Labute approximate surface area is 225 Å². The third-order valence-electron chi connectivity index (χ3n) is 10.3. The molecule has 3 aliphatic heterocycles. The number of pyridine rings is 2. The maximum absolute atomic E-state index is 13.5. The van der Waals surface area contributed by atoms with Gasteiger partial charge in [0.2, 0.25) is 6.79 Å². The standard InChI is InChI=1S/C30H31N3O6/c1-30(2)15-4-3-14(21(30)5-15)9-31-10-18-16-7-24-25(39-13-38-24)8-22(16)32-26-19(18)11-33-23(26)6-17-20(28(33)35)12-37-29(36)27(17)34/h6-8,14-15,21,27,31,34H,3-5,9-13H2,1-2H3/t14?,15?,21?,27-/m0/s1. The molecule has 2 aromatic heterocycles. The van der Waals surface area contributed by atoms with Crippen molar-refractivity contribution in [3.8, 4) is 22.9 Å². The number of cyclic esters (lactones) is 1. The van der Waals surface area contributed by atoms with E-state index in [4.69, 9.17) is 19.2 Å². The van der Waals surface area contributed by atoms with E-state index >= 15 is 0 Å². The number of carbonyl (C=O) groups excluding carboxylic acids is 1. The van der Waals surface area contributed by atoms with E-state index in [-0.39, 0.29) is 19.0 Å². The van der Waals surface area contributed by atoms with Crippen LogP contribution in [0.4, 0.5) is 0 Å². The largest absolute Gasteiger partial charge is 0.458 e. The highest BCUT2D eigenvalue weighted by molar-refractivity contribution is 5.91. The van der Waals surface area contributed by atoms with Crippen molar-refractivity contribution in [3.63, 3.8) is 0 Å². The average molecular weight is 530 g/mol. The molecule has 0 spiro atoms. The van der Waals surface area contributed by atoms with Crippen molar-refractivity contribution < 1.29 is 24.1 Å². The van der Waals surface area contributed by atoms with Gasteiger partial charge in [-0.15, -0.1) is 0 Å². The quantitative estimate of drug-likeness (QED) is 0.387. The first-order valence-corrected chi connectivity index (χ1v) is 13.9. The zero-order valence-electron chi connectivity index (χ0n) is 22.1. The molecule has 2 bridgehead atoms. The van der Waals surface area contributed by atoms with Crippen LogP contribution in [0.2, 0.25) is 0 Å². The summed E-state index contributed by atoms with van der Waals surface area (Å²) in [4.78, 5) is 30.5. The van der Waals surface area contributed by atoms with E-state index in [0.717, 1.165) is 40.4 Å². The molecular formula is C30H31N3O6. The Hall–Kier alpha value is -3.43. The minimum atomic E-state index is -1.47. The summed E-state index contributed by atoms with van der Waals surface area (Å²) in [6.45, 7) is 6.86. The van der Waals surface area contributed by atoms with Gasteiger partial charge >= 0.3 is 5.97 Å². The van der Waals surface area contributed by atoms with E-state index in [1.807, 2.05) is 12.1 Å². The van der Waals surface area contributed by atoms with Crippen LogP contribution in [0.5, 0.6) is 11.5 Å². The van der Waals surface area contributed by atoms with Crippen molar-refractivity contribution in [1.82, 2.24) is 14.9 Å². The molecule has 9 heteroatoms. The number of esters is 1. The predicted octanol–water partition coefficient (Wildman–Crippen LogP) is 3.41. The second-order valence-corrected chi connectivity index (χ2v) is 12.3. The maximum atomic E-state index is 13.5. The average Bonchev–Trinajstić information content (AvgIpc) is 3.54. The zero-order chi connectivity index (χ0) is 26.6. The van der Waals surface area contributed by atoms with Crippen LogP contribution in [0, 0.1) is 23.2 Å². The smallest absolute Gasteiger partial charge is 0.340 e. The van der Waals surface area contributed by atoms with E-state index in [9.17, 15) is 14.7 Å². The molecule has 3 unspecified atom stereocenters. The lowest BCUT2D eigenvalue weighted by Gasteiger charge is -2.60. The summed E-state index contributed by atoms with van der Waals surface area (Å²) in [5, 5.41) is 15.2. The molecule has 3 aliphatic carbocycles. The van der Waals surface area contributed by atoms with Crippen LogP contribution in [0.1, 0.15) is 61.5 Å². The van der Waals surface area contributed by atoms with E-state index in [1.54, 1.807) is 10.6 Å². The number of aliphatic hydroxyl groups excluding tert-OH is 1. The summed E-state index contributed by atoms with van der Waals surface area (Å²) >= 11 is 0. The van der Waals surface area contributed by atoms with Gasteiger partial charge in [-0.05, 0) is 66.7 Å². The molecule has 0 amide bonds. The molecule has 3 fully saturated rings. The Kier molecular flexibility index (Phi) is 4.84. The van der Waals surface area contributed by atoms with Crippen LogP contribution in [-0.4, -0.2) is 34.0 Å². The van der Waals surface area contributed by atoms with E-state index < -0.39 is 12.1 Å². The predicted molar refractivity (Wildman–Crippen MR) is 141 cm³/mol. The molecule has 202 valence electrons. The second kappa shape index (κ2) is 8.05. The Morgan fingerprint density at radius 2 is 1.92 bits per heavy atom. The van der Waals surface area contributed by atoms with Crippen molar-refractivity contribution in [2.45, 2.75) is 58.9 Å². The van der Waals surface area contributed by atoms with Gasteiger partial charge in [0, 0.05) is 29.1 Å². The normalized spacial score (nSPS) is 27.0. The van der Waals surface area contributed by atoms with Crippen molar-refractivity contribution in [3.05, 3.63) is 50.8 Å². The minimum Gasteiger partial charge on any atom is -0.458 e. The monoisotopic (exact) mass is 529 g/mol. The van der Waals surface area contributed by atoms with Gasteiger partial charge in [0.1, 0.15) is 6.61 Å². The number of nitrogens with zero attached hydrogens (tertiary/aromatic N) is 2. The van der Waals surface area contributed by atoms with Crippen LogP contribution >= 0.6 is 0 Å². The van der Waals surface area contributed by atoms with Gasteiger partial charge in [-0.25, -0.2) is 9.78 Å². The molecule has 2 N–H and O–H groups in total. The summed E-state index contributed by atoms with van der Waals surface area (Å²) in [5.74, 6) is 2.91. The first-order chi connectivity index (χ1) is 18.8. The highest BCUT2D eigenvalue weighted by Crippen LogP contribution is 2.61. The molecule has 9 rings (SSSR count). The molecule has 1 aromatic carbocycles. The number of carbonyl (C=O) groups is 1. The van der Waals surface area contributed by atoms with Gasteiger partial charge < -0.3 is 29.2 Å². The first kappa shape index (κ1) is 23.5. The lowest BCUT2D eigenvalue weighted by molar-refractivity contribution is -0.157.